The van der Waals surface area contributed by atoms with Crippen LogP contribution < -0.4 is 0 Å². The van der Waals surface area contributed by atoms with Crippen LogP contribution in [0.1, 0.15) is 54.4 Å². The number of rotatable bonds is 1. The van der Waals surface area contributed by atoms with Gasteiger partial charge in [-0.15, -0.1) is 0 Å². The molecule has 0 saturated heterocycles. The van der Waals surface area contributed by atoms with Gasteiger partial charge in [-0.05, 0) is 32.6 Å². The lowest BCUT2D eigenvalue weighted by Gasteiger charge is -2.30. The van der Waals surface area contributed by atoms with Crippen molar-refractivity contribution in [3.05, 3.63) is 11.8 Å². The van der Waals surface area contributed by atoms with Gasteiger partial charge >= 0.3 is 6.09 Å². The fraction of sp³-hybridized carbons (Fsp3) is 0.733. The van der Waals surface area contributed by atoms with Gasteiger partial charge < -0.3 is 4.74 Å². The van der Waals surface area contributed by atoms with E-state index in [2.05, 4.69) is 0 Å². The highest BCUT2D eigenvalue weighted by Crippen LogP contribution is 2.29. The summed E-state index contributed by atoms with van der Waals surface area (Å²) < 4.78 is 5.39. The third kappa shape index (κ3) is 4.69. The van der Waals surface area contributed by atoms with Crippen molar-refractivity contribution < 1.29 is 14.3 Å². The number of Topliss-reactive ketones (excluding diaryl/α,β-unsaturated/α-hetero) is 1. The zero-order valence-electron chi connectivity index (χ0n) is 12.9. The second-order valence-corrected chi connectivity index (χ2v) is 6.88. The minimum absolute atomic E-state index is 0.124. The Bertz CT molecular complexity index is 402. The molecule has 4 heteroatoms. The number of carbonyl (C=O) groups is 2. The molecular formula is C15H25NO3. The maximum atomic E-state index is 12.2. The number of allylic oxidation sites excluding steroid dienone is 1. The number of hydrogen-bond acceptors (Lipinski definition) is 3. The van der Waals surface area contributed by atoms with Crippen LogP contribution in [0.4, 0.5) is 4.79 Å². The number of amides is 1. The summed E-state index contributed by atoms with van der Waals surface area (Å²) in [5, 5.41) is 0. The van der Waals surface area contributed by atoms with Crippen molar-refractivity contribution in [1.29, 1.82) is 0 Å². The fourth-order valence-corrected chi connectivity index (χ4v) is 2.10. The Hall–Kier alpha value is -1.32. The van der Waals surface area contributed by atoms with Gasteiger partial charge in [0.05, 0.1) is 0 Å². The second-order valence-electron chi connectivity index (χ2n) is 6.88. The van der Waals surface area contributed by atoms with E-state index in [0.29, 0.717) is 25.0 Å². The first kappa shape index (κ1) is 15.7. The van der Waals surface area contributed by atoms with Crippen LogP contribution in [-0.2, 0) is 9.53 Å². The van der Waals surface area contributed by atoms with Gasteiger partial charge in [0.15, 0.2) is 5.78 Å². The van der Waals surface area contributed by atoms with Crippen LogP contribution in [0.15, 0.2) is 11.8 Å². The predicted molar refractivity (Wildman–Crippen MR) is 74.7 cm³/mol. The van der Waals surface area contributed by atoms with Crippen LogP contribution in [-0.4, -0.2) is 28.9 Å². The van der Waals surface area contributed by atoms with E-state index in [1.165, 1.54) is 4.90 Å². The molecule has 0 spiro atoms. The standard InChI is InChI=1S/C15H25NO3/c1-7-11-9-16(13(18)19-14(2,3)4)10-15(5,6)8-12(11)17/h9H,7-8,10H2,1-6H3. The van der Waals surface area contributed by atoms with Crippen LogP contribution in [0.25, 0.3) is 0 Å². The fourth-order valence-electron chi connectivity index (χ4n) is 2.10. The second kappa shape index (κ2) is 5.35. The number of nitrogens with zero attached hydrogens (tertiary/aromatic N) is 1. The highest BCUT2D eigenvalue weighted by molar-refractivity contribution is 5.96. The summed E-state index contributed by atoms with van der Waals surface area (Å²) in [5.74, 6) is 0.124. The average molecular weight is 267 g/mol. The van der Waals surface area contributed by atoms with E-state index in [-0.39, 0.29) is 17.3 Å². The Balaban J connectivity index is 2.99. The first-order valence-corrected chi connectivity index (χ1v) is 6.77. The Morgan fingerprint density at radius 3 is 2.47 bits per heavy atom. The largest absolute Gasteiger partial charge is 0.443 e. The molecule has 0 aromatic carbocycles. The molecule has 0 N–H and O–H groups in total. The number of carbonyl (C=O) groups excluding carboxylic acids is 2. The molecule has 0 aromatic heterocycles. The molecule has 1 aliphatic heterocycles. The monoisotopic (exact) mass is 267 g/mol. The van der Waals surface area contributed by atoms with Crippen LogP contribution in [0.3, 0.4) is 0 Å². The van der Waals surface area contributed by atoms with Crippen LogP contribution in [0.5, 0.6) is 0 Å². The molecule has 0 atom stereocenters. The highest BCUT2D eigenvalue weighted by atomic mass is 16.6. The van der Waals surface area contributed by atoms with Gasteiger partial charge in [0.2, 0.25) is 0 Å². The lowest BCUT2D eigenvalue weighted by atomic mass is 9.86. The molecule has 108 valence electrons. The van der Waals surface area contributed by atoms with Gasteiger partial charge in [-0.3, -0.25) is 9.69 Å². The van der Waals surface area contributed by atoms with E-state index in [4.69, 9.17) is 4.74 Å². The molecule has 0 aromatic rings. The van der Waals surface area contributed by atoms with Crippen molar-refractivity contribution in [3.8, 4) is 0 Å². The Morgan fingerprint density at radius 1 is 1.42 bits per heavy atom. The van der Waals surface area contributed by atoms with Crippen molar-refractivity contribution in [2.45, 2.75) is 60.0 Å². The van der Waals surface area contributed by atoms with E-state index in [0.717, 1.165) is 0 Å². The molecule has 4 nitrogen and oxygen atoms in total. The normalized spacial score (nSPS) is 19.8. The maximum absolute atomic E-state index is 12.2. The van der Waals surface area contributed by atoms with Crippen molar-refractivity contribution in [2.24, 2.45) is 5.41 Å². The molecule has 1 aliphatic rings. The third-order valence-corrected chi connectivity index (χ3v) is 2.92. The molecule has 0 bridgehead atoms. The summed E-state index contributed by atoms with van der Waals surface area (Å²) in [6, 6.07) is 0. The minimum atomic E-state index is -0.530. The summed E-state index contributed by atoms with van der Waals surface area (Å²) in [4.78, 5) is 25.8. The zero-order chi connectivity index (χ0) is 14.8. The third-order valence-electron chi connectivity index (χ3n) is 2.92. The van der Waals surface area contributed by atoms with E-state index < -0.39 is 5.60 Å². The highest BCUT2D eigenvalue weighted by Gasteiger charge is 2.33. The molecular weight excluding hydrogens is 242 g/mol. The lowest BCUT2D eigenvalue weighted by molar-refractivity contribution is -0.117. The quantitative estimate of drug-likeness (QED) is 0.730. The van der Waals surface area contributed by atoms with Gasteiger partial charge in [0.25, 0.3) is 0 Å². The van der Waals surface area contributed by atoms with E-state index in [9.17, 15) is 9.59 Å². The van der Waals surface area contributed by atoms with Crippen molar-refractivity contribution in [2.75, 3.05) is 6.54 Å². The summed E-state index contributed by atoms with van der Waals surface area (Å²) >= 11 is 0. The molecule has 0 radical (unpaired) electrons. The van der Waals surface area contributed by atoms with E-state index in [1.54, 1.807) is 6.20 Å². The zero-order valence-corrected chi connectivity index (χ0v) is 12.9. The van der Waals surface area contributed by atoms with E-state index in [1.807, 2.05) is 41.5 Å². The van der Waals surface area contributed by atoms with Crippen LogP contribution in [0.2, 0.25) is 0 Å². The molecule has 0 saturated carbocycles. The van der Waals surface area contributed by atoms with Crippen molar-refractivity contribution in [3.63, 3.8) is 0 Å². The average Bonchev–Trinajstić information content (AvgIpc) is 2.30. The maximum Gasteiger partial charge on any atom is 0.414 e. The molecule has 19 heavy (non-hydrogen) atoms. The first-order chi connectivity index (χ1) is 8.54. The number of hydrogen-bond donors (Lipinski definition) is 0. The number of ether oxygens (including phenoxy) is 1. The molecule has 1 amide bonds. The Morgan fingerprint density at radius 2 is 2.00 bits per heavy atom. The molecule has 0 unspecified atom stereocenters. The smallest absolute Gasteiger partial charge is 0.414 e. The van der Waals surface area contributed by atoms with Gasteiger partial charge in [-0.25, -0.2) is 4.79 Å². The minimum Gasteiger partial charge on any atom is -0.443 e. The molecule has 1 heterocycles. The molecule has 0 fully saturated rings. The van der Waals surface area contributed by atoms with Crippen LogP contribution >= 0.6 is 0 Å². The van der Waals surface area contributed by atoms with Crippen molar-refractivity contribution in [1.82, 2.24) is 4.90 Å². The number of ketones is 1. The van der Waals surface area contributed by atoms with Gasteiger partial charge in [0.1, 0.15) is 5.60 Å². The van der Waals surface area contributed by atoms with Crippen LogP contribution in [0, 0.1) is 5.41 Å². The van der Waals surface area contributed by atoms with Gasteiger partial charge in [-0.2, -0.15) is 0 Å². The molecule has 1 rings (SSSR count). The van der Waals surface area contributed by atoms with E-state index >= 15 is 0 Å². The predicted octanol–water partition coefficient (Wildman–Crippen LogP) is 3.52. The first-order valence-electron chi connectivity index (χ1n) is 6.77. The molecule has 0 aliphatic carbocycles. The van der Waals surface area contributed by atoms with Gasteiger partial charge in [-0.1, -0.05) is 20.8 Å². The Kier molecular flexibility index (Phi) is 4.43. The lowest BCUT2D eigenvalue weighted by Crippen LogP contribution is -2.38. The SMILES string of the molecule is CCC1=CN(C(=O)OC(C)(C)C)CC(C)(C)CC1=O. The summed E-state index contributed by atoms with van der Waals surface area (Å²) in [6.45, 7) is 11.9. The summed E-state index contributed by atoms with van der Waals surface area (Å²) in [7, 11) is 0. The summed E-state index contributed by atoms with van der Waals surface area (Å²) in [6.07, 6.45) is 2.37. The summed E-state index contributed by atoms with van der Waals surface area (Å²) in [5.41, 5.74) is -0.0736. The van der Waals surface area contributed by atoms with Crippen molar-refractivity contribution >= 4 is 11.9 Å². The Labute approximate surface area is 115 Å². The topological polar surface area (TPSA) is 46.6 Å². The van der Waals surface area contributed by atoms with Gasteiger partial charge in [0, 0.05) is 24.7 Å².